The van der Waals surface area contributed by atoms with Gasteiger partial charge in [-0.1, -0.05) is 6.42 Å². The average molecular weight is 510 g/mol. The normalized spacial score (nSPS) is 13.8. The van der Waals surface area contributed by atoms with Crippen molar-refractivity contribution < 1.29 is 9.18 Å². The smallest absolute Gasteiger partial charge is 0.227 e. The van der Waals surface area contributed by atoms with Crippen molar-refractivity contribution in [3.8, 4) is 33.2 Å². The molecule has 1 fully saturated rings. The number of amides is 1. The Morgan fingerprint density at radius 1 is 1.00 bits per heavy atom. The number of aromatic nitrogens is 6. The van der Waals surface area contributed by atoms with Crippen molar-refractivity contribution in [2.24, 2.45) is 5.92 Å². The summed E-state index contributed by atoms with van der Waals surface area (Å²) in [5, 5.41) is 12.1. The number of carbonyl (C=O) groups excluding carboxylic acids is 1. The van der Waals surface area contributed by atoms with Gasteiger partial charge in [0.25, 0.3) is 0 Å². The fraction of sp³-hybridized carbons (Fsp3) is 0.148. The molecule has 182 valence electrons. The lowest BCUT2D eigenvalue weighted by Crippen LogP contribution is -2.28. The highest BCUT2D eigenvalue weighted by Gasteiger charge is 2.25. The predicted octanol–water partition coefficient (Wildman–Crippen LogP) is 6.17. The molecule has 6 heterocycles. The van der Waals surface area contributed by atoms with Crippen LogP contribution in [0.25, 0.3) is 55.0 Å². The first-order valence-electron chi connectivity index (χ1n) is 12.0. The highest BCUT2D eigenvalue weighted by atomic mass is 32.1. The molecule has 10 heteroatoms. The van der Waals surface area contributed by atoms with Crippen LogP contribution in [0.5, 0.6) is 0 Å². The lowest BCUT2D eigenvalue weighted by molar-refractivity contribution is -0.122. The molecule has 0 radical (unpaired) electrons. The van der Waals surface area contributed by atoms with Crippen LogP contribution in [0.3, 0.4) is 0 Å². The second-order valence-corrected chi connectivity index (χ2v) is 10.2. The van der Waals surface area contributed by atoms with Crippen molar-refractivity contribution in [2.75, 3.05) is 5.32 Å². The van der Waals surface area contributed by atoms with Gasteiger partial charge in [-0.25, -0.2) is 0 Å². The third-order valence-electron chi connectivity index (χ3n) is 6.83. The van der Waals surface area contributed by atoms with Gasteiger partial charge in [0.2, 0.25) is 5.91 Å². The average Bonchev–Trinajstić information content (AvgIpc) is 3.60. The number of pyridine rings is 3. The summed E-state index contributed by atoms with van der Waals surface area (Å²) < 4.78 is 13.7. The molecule has 0 aliphatic heterocycles. The number of fused-ring (bicyclic) bond motifs is 2. The molecular formula is C27H20FN7OS. The molecule has 0 atom stereocenters. The van der Waals surface area contributed by atoms with Crippen molar-refractivity contribution in [2.45, 2.75) is 19.3 Å². The van der Waals surface area contributed by atoms with Crippen LogP contribution < -0.4 is 5.32 Å². The van der Waals surface area contributed by atoms with Crippen LogP contribution in [0.2, 0.25) is 0 Å². The number of halogens is 1. The van der Waals surface area contributed by atoms with Gasteiger partial charge in [-0.3, -0.25) is 24.8 Å². The Morgan fingerprint density at radius 2 is 1.89 bits per heavy atom. The summed E-state index contributed by atoms with van der Waals surface area (Å²) in [6.45, 7) is 0. The highest BCUT2D eigenvalue weighted by molar-refractivity contribution is 7.13. The standard InChI is InChI=1S/C27H20FN7OS/c28-24-5-4-23(37-24)26-17-10-21(33-19(17)6-7-30-26)25-18-9-20(31-13-22(18)34-35-25)15-8-16(12-29-11-15)32-27(36)14-2-1-3-14/h4-14,33H,1-3H2,(H,32,36)(H,34,35). The molecule has 6 aromatic rings. The number of nitrogens with zero attached hydrogens (tertiary/aromatic N) is 4. The summed E-state index contributed by atoms with van der Waals surface area (Å²) in [6.07, 6.45) is 9.82. The van der Waals surface area contributed by atoms with Crippen LogP contribution in [0.1, 0.15) is 19.3 Å². The maximum atomic E-state index is 13.7. The minimum Gasteiger partial charge on any atom is -0.353 e. The van der Waals surface area contributed by atoms with E-state index in [4.69, 9.17) is 0 Å². The SMILES string of the molecule is O=C(Nc1cncc(-c2cc3c(-c4cc5c(-c6ccc(F)s6)nccc5[nH]4)n[nH]c3cn2)c1)C1CCC1. The van der Waals surface area contributed by atoms with E-state index in [-0.39, 0.29) is 17.0 Å². The Kier molecular flexibility index (Phi) is 5.07. The minimum atomic E-state index is -0.246. The van der Waals surface area contributed by atoms with Gasteiger partial charge >= 0.3 is 0 Å². The van der Waals surface area contributed by atoms with Crippen LogP contribution in [0.4, 0.5) is 10.1 Å². The summed E-state index contributed by atoms with van der Waals surface area (Å²) in [6, 6.07) is 10.9. The highest BCUT2D eigenvalue weighted by Crippen LogP contribution is 2.36. The first-order chi connectivity index (χ1) is 18.1. The van der Waals surface area contributed by atoms with Crippen LogP contribution in [0.15, 0.2) is 61.2 Å². The molecule has 3 N–H and O–H groups in total. The number of thiophene rings is 1. The van der Waals surface area contributed by atoms with E-state index in [1.165, 1.54) is 6.07 Å². The third kappa shape index (κ3) is 3.86. The molecule has 7 rings (SSSR count). The summed E-state index contributed by atoms with van der Waals surface area (Å²) in [7, 11) is 0. The molecule has 37 heavy (non-hydrogen) atoms. The van der Waals surface area contributed by atoms with E-state index in [0.717, 1.165) is 85.6 Å². The molecule has 1 aliphatic rings. The van der Waals surface area contributed by atoms with Gasteiger partial charge in [-0.15, -0.1) is 11.3 Å². The van der Waals surface area contributed by atoms with E-state index < -0.39 is 0 Å². The number of aromatic amines is 2. The number of anilines is 1. The van der Waals surface area contributed by atoms with Crippen LogP contribution in [0, 0.1) is 11.0 Å². The largest absolute Gasteiger partial charge is 0.353 e. The quantitative estimate of drug-likeness (QED) is 0.257. The number of H-pyrrole nitrogens is 2. The van der Waals surface area contributed by atoms with Gasteiger partial charge in [-0.2, -0.15) is 9.49 Å². The number of rotatable bonds is 5. The second kappa shape index (κ2) is 8.59. The first-order valence-corrected chi connectivity index (χ1v) is 12.8. The second-order valence-electron chi connectivity index (χ2n) is 9.17. The van der Waals surface area contributed by atoms with E-state index in [0.29, 0.717) is 5.69 Å². The monoisotopic (exact) mass is 509 g/mol. The van der Waals surface area contributed by atoms with Gasteiger partial charge in [0.05, 0.1) is 45.6 Å². The third-order valence-corrected chi connectivity index (χ3v) is 7.72. The number of hydrogen-bond acceptors (Lipinski definition) is 6. The van der Waals surface area contributed by atoms with Gasteiger partial charge in [0.1, 0.15) is 5.69 Å². The number of nitrogens with one attached hydrogen (secondary N) is 3. The van der Waals surface area contributed by atoms with E-state index >= 15 is 0 Å². The summed E-state index contributed by atoms with van der Waals surface area (Å²) in [4.78, 5) is 30.0. The Hall–Kier alpha value is -4.44. The molecule has 8 nitrogen and oxygen atoms in total. The van der Waals surface area contributed by atoms with E-state index in [9.17, 15) is 9.18 Å². The molecule has 0 aromatic carbocycles. The van der Waals surface area contributed by atoms with Crippen molar-refractivity contribution in [1.29, 1.82) is 0 Å². The fourth-order valence-corrected chi connectivity index (χ4v) is 5.40. The molecule has 1 saturated carbocycles. The molecule has 0 saturated heterocycles. The van der Waals surface area contributed by atoms with Crippen molar-refractivity contribution >= 4 is 44.7 Å². The zero-order valence-electron chi connectivity index (χ0n) is 19.5. The molecule has 0 spiro atoms. The zero-order chi connectivity index (χ0) is 24.9. The fourth-order valence-electron chi connectivity index (χ4n) is 4.66. The van der Waals surface area contributed by atoms with E-state index in [1.807, 2.05) is 24.3 Å². The Balaban J connectivity index is 1.26. The lowest BCUT2D eigenvalue weighted by atomic mass is 9.85. The molecule has 1 aliphatic carbocycles. The van der Waals surface area contributed by atoms with Crippen molar-refractivity contribution in [3.63, 3.8) is 0 Å². The van der Waals surface area contributed by atoms with E-state index in [2.05, 4.69) is 35.5 Å². The van der Waals surface area contributed by atoms with Crippen LogP contribution >= 0.6 is 11.3 Å². The number of carbonyl (C=O) groups is 1. The molecular weight excluding hydrogens is 489 g/mol. The first kappa shape index (κ1) is 21.8. The van der Waals surface area contributed by atoms with Crippen LogP contribution in [-0.2, 0) is 4.79 Å². The molecule has 6 aromatic heterocycles. The summed E-state index contributed by atoms with van der Waals surface area (Å²) >= 11 is 1.07. The Labute approximate surface area is 214 Å². The van der Waals surface area contributed by atoms with Crippen molar-refractivity contribution in [3.05, 3.63) is 66.3 Å². The van der Waals surface area contributed by atoms with Gasteiger partial charge in [0, 0.05) is 40.2 Å². The number of hydrogen-bond donors (Lipinski definition) is 3. The zero-order valence-corrected chi connectivity index (χ0v) is 20.3. The Morgan fingerprint density at radius 3 is 2.70 bits per heavy atom. The molecule has 0 bridgehead atoms. The van der Waals surface area contributed by atoms with Gasteiger partial charge < -0.3 is 10.3 Å². The minimum absolute atomic E-state index is 0.0451. The molecule has 0 unspecified atom stereocenters. The summed E-state index contributed by atoms with van der Waals surface area (Å²) in [5.41, 5.74) is 6.12. The van der Waals surface area contributed by atoms with Gasteiger partial charge in [-0.05, 0) is 49.2 Å². The maximum absolute atomic E-state index is 13.7. The van der Waals surface area contributed by atoms with Crippen LogP contribution in [-0.4, -0.2) is 36.0 Å². The lowest BCUT2D eigenvalue weighted by Gasteiger charge is -2.24. The van der Waals surface area contributed by atoms with Gasteiger partial charge in [0.15, 0.2) is 5.13 Å². The molecule has 1 amide bonds. The Bertz CT molecular complexity index is 1800. The van der Waals surface area contributed by atoms with Crippen molar-refractivity contribution in [1.82, 2.24) is 30.1 Å². The maximum Gasteiger partial charge on any atom is 0.227 e. The van der Waals surface area contributed by atoms with E-state index in [1.54, 1.807) is 30.9 Å². The summed E-state index contributed by atoms with van der Waals surface area (Å²) in [5.74, 6) is 0.140. The topological polar surface area (TPSA) is 112 Å². The predicted molar refractivity (Wildman–Crippen MR) is 141 cm³/mol.